The zero-order valence-electron chi connectivity index (χ0n) is 15.8. The van der Waals surface area contributed by atoms with Crippen molar-refractivity contribution in [2.75, 3.05) is 31.1 Å². The average molecular weight is 448 g/mol. The maximum atomic E-state index is 12.6. The van der Waals surface area contributed by atoms with E-state index in [9.17, 15) is 4.21 Å². The molecule has 1 unspecified atom stereocenters. The summed E-state index contributed by atoms with van der Waals surface area (Å²) in [5, 5.41) is 4.37. The Labute approximate surface area is 182 Å². The van der Waals surface area contributed by atoms with Crippen LogP contribution >= 0.6 is 22.9 Å². The Morgan fingerprint density at radius 2 is 1.90 bits per heavy atom. The number of thiophene rings is 1. The third-order valence-corrected chi connectivity index (χ3v) is 7.37. The topological polar surface area (TPSA) is 53.6 Å². The fourth-order valence-electron chi connectivity index (χ4n) is 3.08. The monoisotopic (exact) mass is 447 g/mol. The van der Waals surface area contributed by atoms with E-state index in [2.05, 4.69) is 21.0 Å². The molecule has 0 saturated carbocycles. The molecule has 1 aromatic heterocycles. The molecule has 0 bridgehead atoms. The van der Waals surface area contributed by atoms with Crippen molar-refractivity contribution in [1.29, 1.82) is 0 Å². The lowest BCUT2D eigenvalue weighted by Gasteiger charge is -2.29. The maximum Gasteiger partial charge on any atom is 0.200 e. The van der Waals surface area contributed by atoms with Gasteiger partial charge in [0.25, 0.3) is 0 Å². The highest BCUT2D eigenvalue weighted by molar-refractivity contribution is 7.85. The largest absolute Gasteiger partial charge is 0.445 e. The third kappa shape index (κ3) is 5.38. The predicted molar refractivity (Wildman–Crippen MR) is 121 cm³/mol. The van der Waals surface area contributed by atoms with Crippen LogP contribution in [0.1, 0.15) is 5.56 Å². The molecule has 2 N–H and O–H groups in total. The Bertz CT molecular complexity index is 975. The molecule has 2 aromatic carbocycles. The van der Waals surface area contributed by atoms with Crippen LogP contribution in [-0.2, 0) is 17.5 Å². The first-order valence-electron chi connectivity index (χ1n) is 9.41. The minimum Gasteiger partial charge on any atom is -0.445 e. The van der Waals surface area contributed by atoms with Crippen molar-refractivity contribution in [1.82, 2.24) is 10.0 Å². The number of benzene rings is 2. The molecule has 1 fully saturated rings. The number of halogens is 1. The summed E-state index contributed by atoms with van der Waals surface area (Å²) in [5.41, 5.74) is 2.20. The fraction of sp³-hybridized carbons (Fsp3) is 0.238. The molecule has 5 nitrogen and oxygen atoms in total. The molecule has 1 atom stereocenters. The second-order valence-corrected chi connectivity index (χ2v) is 9.56. The molecule has 0 spiro atoms. The van der Waals surface area contributed by atoms with E-state index in [-0.39, 0.29) is 0 Å². The third-order valence-electron chi connectivity index (χ3n) is 4.58. The number of hydrogen-bond acceptors (Lipinski definition) is 5. The van der Waals surface area contributed by atoms with Gasteiger partial charge in [-0.1, -0.05) is 59.3 Å². The van der Waals surface area contributed by atoms with Crippen molar-refractivity contribution in [2.24, 2.45) is 0 Å². The van der Waals surface area contributed by atoms with Gasteiger partial charge in [0.1, 0.15) is 20.9 Å². The second-order valence-electron chi connectivity index (χ2n) is 6.61. The summed E-state index contributed by atoms with van der Waals surface area (Å²) in [5.74, 6) is 0.722. The SMILES string of the molecule is O=S(NCc1ccccc1)c1cc(Cl)c(Oc2cccc(N3CCNCC3)c2)s1. The molecular weight excluding hydrogens is 426 g/mol. The highest BCUT2D eigenvalue weighted by Crippen LogP contribution is 2.39. The summed E-state index contributed by atoms with van der Waals surface area (Å²) in [6.07, 6.45) is 0. The van der Waals surface area contributed by atoms with Crippen LogP contribution in [0.25, 0.3) is 0 Å². The van der Waals surface area contributed by atoms with Crippen LogP contribution in [-0.4, -0.2) is 30.4 Å². The van der Waals surface area contributed by atoms with Gasteiger partial charge in [-0.3, -0.25) is 0 Å². The zero-order chi connectivity index (χ0) is 20.1. The molecular formula is C21H22ClN3O2S2. The van der Waals surface area contributed by atoms with Crippen LogP contribution in [0.3, 0.4) is 0 Å². The van der Waals surface area contributed by atoms with Crippen LogP contribution in [0, 0.1) is 0 Å². The van der Waals surface area contributed by atoms with Crippen molar-refractivity contribution in [3.63, 3.8) is 0 Å². The molecule has 0 radical (unpaired) electrons. The number of anilines is 1. The Morgan fingerprint density at radius 1 is 1.10 bits per heavy atom. The van der Waals surface area contributed by atoms with Gasteiger partial charge in [-0.05, 0) is 23.8 Å². The van der Waals surface area contributed by atoms with E-state index < -0.39 is 11.0 Å². The number of ether oxygens (including phenoxy) is 1. The van der Waals surface area contributed by atoms with Crippen molar-refractivity contribution in [2.45, 2.75) is 10.8 Å². The standard InChI is InChI=1S/C21H22ClN3O2S2/c22-19-14-20(29(26)24-15-16-5-2-1-3-6-16)28-21(19)27-18-8-4-7-17(13-18)25-11-9-23-10-12-25/h1-8,13-14,23-24H,9-12,15H2. The average Bonchev–Trinajstić information content (AvgIpc) is 3.14. The Morgan fingerprint density at radius 3 is 2.69 bits per heavy atom. The van der Waals surface area contributed by atoms with Gasteiger partial charge < -0.3 is 15.0 Å². The first kappa shape index (κ1) is 20.4. The number of nitrogens with one attached hydrogen (secondary N) is 2. The highest BCUT2D eigenvalue weighted by Gasteiger charge is 2.16. The minimum atomic E-state index is -1.35. The fourth-order valence-corrected chi connectivity index (χ4v) is 5.50. The quantitative estimate of drug-likeness (QED) is 0.563. The smallest absolute Gasteiger partial charge is 0.200 e. The van der Waals surface area contributed by atoms with Gasteiger partial charge in [0, 0.05) is 44.5 Å². The van der Waals surface area contributed by atoms with E-state index >= 15 is 0 Å². The van der Waals surface area contributed by atoms with Gasteiger partial charge >= 0.3 is 0 Å². The Kier molecular flexibility index (Phi) is 6.84. The molecule has 2 heterocycles. The van der Waals surface area contributed by atoms with E-state index in [0.29, 0.717) is 20.8 Å². The second kappa shape index (κ2) is 9.73. The summed E-state index contributed by atoms with van der Waals surface area (Å²) >= 11 is 7.65. The first-order valence-corrected chi connectivity index (χ1v) is 11.8. The van der Waals surface area contributed by atoms with E-state index in [1.54, 1.807) is 6.07 Å². The summed E-state index contributed by atoms with van der Waals surface area (Å²) in [4.78, 5) is 2.33. The van der Waals surface area contributed by atoms with Gasteiger partial charge in [-0.2, -0.15) is 0 Å². The van der Waals surface area contributed by atoms with Gasteiger partial charge in [0.05, 0.1) is 5.02 Å². The van der Waals surface area contributed by atoms with E-state index in [4.69, 9.17) is 16.3 Å². The van der Waals surface area contributed by atoms with Gasteiger partial charge in [-0.15, -0.1) is 0 Å². The highest BCUT2D eigenvalue weighted by atomic mass is 35.5. The number of rotatable bonds is 7. The number of nitrogens with zero attached hydrogens (tertiary/aromatic N) is 1. The van der Waals surface area contributed by atoms with Crippen molar-refractivity contribution in [3.8, 4) is 10.8 Å². The number of hydrogen-bond donors (Lipinski definition) is 2. The number of piperazine rings is 1. The lowest BCUT2D eigenvalue weighted by molar-refractivity contribution is 0.496. The van der Waals surface area contributed by atoms with Gasteiger partial charge in [0.2, 0.25) is 5.06 Å². The lowest BCUT2D eigenvalue weighted by Crippen LogP contribution is -2.43. The Hall–Kier alpha value is -1.90. The van der Waals surface area contributed by atoms with Gasteiger partial charge in [0.15, 0.2) is 0 Å². The summed E-state index contributed by atoms with van der Waals surface area (Å²) in [6.45, 7) is 4.42. The normalized spacial score (nSPS) is 15.3. The summed E-state index contributed by atoms with van der Waals surface area (Å²) in [7, 11) is -1.35. The molecule has 0 aliphatic carbocycles. The van der Waals surface area contributed by atoms with Crippen molar-refractivity contribution >= 4 is 39.6 Å². The molecule has 1 saturated heterocycles. The summed E-state index contributed by atoms with van der Waals surface area (Å²) in [6, 6.07) is 19.6. The lowest BCUT2D eigenvalue weighted by atomic mass is 10.2. The molecule has 0 amide bonds. The van der Waals surface area contributed by atoms with Crippen LogP contribution in [0.2, 0.25) is 5.02 Å². The van der Waals surface area contributed by atoms with E-state index in [1.807, 2.05) is 48.5 Å². The molecule has 29 heavy (non-hydrogen) atoms. The Balaban J connectivity index is 1.42. The predicted octanol–water partition coefficient (Wildman–Crippen LogP) is 4.42. The minimum absolute atomic E-state index is 0.465. The van der Waals surface area contributed by atoms with Gasteiger partial charge in [-0.25, -0.2) is 8.93 Å². The molecule has 152 valence electrons. The molecule has 8 heteroatoms. The van der Waals surface area contributed by atoms with Crippen LogP contribution < -0.4 is 19.7 Å². The first-order chi connectivity index (χ1) is 14.2. The molecule has 1 aliphatic rings. The van der Waals surface area contributed by atoms with E-state index in [1.165, 1.54) is 11.3 Å². The molecule has 4 rings (SSSR count). The van der Waals surface area contributed by atoms with Crippen LogP contribution in [0.4, 0.5) is 5.69 Å². The zero-order valence-corrected chi connectivity index (χ0v) is 18.2. The van der Waals surface area contributed by atoms with Crippen LogP contribution in [0.5, 0.6) is 10.8 Å². The van der Waals surface area contributed by atoms with Crippen LogP contribution in [0.15, 0.2) is 64.9 Å². The van der Waals surface area contributed by atoms with E-state index in [0.717, 1.165) is 43.2 Å². The van der Waals surface area contributed by atoms with Crippen molar-refractivity contribution in [3.05, 3.63) is 71.2 Å². The summed E-state index contributed by atoms with van der Waals surface area (Å²) < 4.78 is 22.3. The van der Waals surface area contributed by atoms with Crippen molar-refractivity contribution < 1.29 is 8.95 Å². The molecule has 1 aliphatic heterocycles. The molecule has 3 aromatic rings. The maximum absolute atomic E-state index is 12.6.